The highest BCUT2D eigenvalue weighted by Gasteiger charge is 1.96. The molecule has 68 valence electrons. The maximum Gasteiger partial charge on any atom is 0.0863 e. The van der Waals surface area contributed by atoms with E-state index in [0.717, 1.165) is 13.0 Å². The van der Waals surface area contributed by atoms with E-state index >= 15 is 0 Å². The van der Waals surface area contributed by atoms with Gasteiger partial charge in [-0.25, -0.2) is 0 Å². The molecule has 0 aromatic heterocycles. The van der Waals surface area contributed by atoms with Crippen LogP contribution in [-0.4, -0.2) is 25.0 Å². The monoisotopic (exact) mass is 174 g/mol. The summed E-state index contributed by atoms with van der Waals surface area (Å²) in [6, 6.07) is 12.5. The van der Waals surface area contributed by atoms with Gasteiger partial charge in [0.15, 0.2) is 0 Å². The first-order chi connectivity index (χ1) is 6.33. The lowest BCUT2D eigenvalue weighted by atomic mass is 10.1. The van der Waals surface area contributed by atoms with Gasteiger partial charge in [0.25, 0.3) is 0 Å². The SMILES string of the molecule is CN(CC#N)CCc1ccccc1. The van der Waals surface area contributed by atoms with E-state index < -0.39 is 0 Å². The Morgan fingerprint density at radius 2 is 2.00 bits per heavy atom. The zero-order valence-corrected chi connectivity index (χ0v) is 7.90. The summed E-state index contributed by atoms with van der Waals surface area (Å²) in [7, 11) is 1.96. The third kappa shape index (κ3) is 3.73. The summed E-state index contributed by atoms with van der Waals surface area (Å²) in [5.74, 6) is 0. The van der Waals surface area contributed by atoms with E-state index in [2.05, 4.69) is 18.2 Å². The summed E-state index contributed by atoms with van der Waals surface area (Å²) in [6.45, 7) is 1.45. The molecule has 0 radical (unpaired) electrons. The molecule has 0 N–H and O–H groups in total. The zero-order chi connectivity index (χ0) is 9.52. The summed E-state index contributed by atoms with van der Waals surface area (Å²) in [4.78, 5) is 2.02. The van der Waals surface area contributed by atoms with Crippen molar-refractivity contribution in [3.8, 4) is 6.07 Å². The van der Waals surface area contributed by atoms with E-state index in [9.17, 15) is 0 Å². The maximum absolute atomic E-state index is 8.44. The smallest absolute Gasteiger partial charge is 0.0863 e. The van der Waals surface area contributed by atoms with Crippen molar-refractivity contribution in [1.82, 2.24) is 4.90 Å². The van der Waals surface area contributed by atoms with Crippen LogP contribution in [0.25, 0.3) is 0 Å². The minimum Gasteiger partial charge on any atom is -0.293 e. The zero-order valence-electron chi connectivity index (χ0n) is 7.90. The molecular formula is C11H14N2. The van der Waals surface area contributed by atoms with Crippen molar-refractivity contribution < 1.29 is 0 Å². The highest BCUT2D eigenvalue weighted by molar-refractivity contribution is 5.14. The van der Waals surface area contributed by atoms with E-state index in [0.29, 0.717) is 6.54 Å². The third-order valence-electron chi connectivity index (χ3n) is 1.97. The lowest BCUT2D eigenvalue weighted by Gasteiger charge is -2.11. The molecule has 1 aromatic rings. The number of hydrogen-bond donors (Lipinski definition) is 0. The molecule has 0 atom stereocenters. The van der Waals surface area contributed by atoms with Gasteiger partial charge in [0.2, 0.25) is 0 Å². The Bertz CT molecular complexity index is 274. The van der Waals surface area contributed by atoms with Crippen molar-refractivity contribution in [2.45, 2.75) is 6.42 Å². The van der Waals surface area contributed by atoms with E-state index in [4.69, 9.17) is 5.26 Å². The second kappa shape index (κ2) is 5.34. The number of rotatable bonds is 4. The van der Waals surface area contributed by atoms with Crippen LogP contribution in [-0.2, 0) is 6.42 Å². The Balaban J connectivity index is 2.32. The Kier molecular flexibility index (Phi) is 4.01. The van der Waals surface area contributed by atoms with Crippen LogP contribution >= 0.6 is 0 Å². The van der Waals surface area contributed by atoms with Crippen LogP contribution in [0.4, 0.5) is 0 Å². The van der Waals surface area contributed by atoms with Gasteiger partial charge in [-0.05, 0) is 19.0 Å². The van der Waals surface area contributed by atoms with Crippen LogP contribution < -0.4 is 0 Å². The highest BCUT2D eigenvalue weighted by Crippen LogP contribution is 1.99. The molecule has 1 rings (SSSR count). The van der Waals surface area contributed by atoms with Crippen molar-refractivity contribution in [2.75, 3.05) is 20.1 Å². The molecule has 0 saturated heterocycles. The average Bonchev–Trinajstić information content (AvgIpc) is 2.17. The number of hydrogen-bond acceptors (Lipinski definition) is 2. The molecule has 0 bridgehead atoms. The minimum absolute atomic E-state index is 0.507. The Morgan fingerprint density at radius 3 is 2.62 bits per heavy atom. The molecule has 0 saturated carbocycles. The molecule has 2 nitrogen and oxygen atoms in total. The lowest BCUT2D eigenvalue weighted by Crippen LogP contribution is -2.21. The molecule has 0 aliphatic heterocycles. The lowest BCUT2D eigenvalue weighted by molar-refractivity contribution is 0.379. The Morgan fingerprint density at radius 1 is 1.31 bits per heavy atom. The number of nitriles is 1. The normalized spacial score (nSPS) is 9.92. The van der Waals surface area contributed by atoms with Gasteiger partial charge in [-0.15, -0.1) is 0 Å². The van der Waals surface area contributed by atoms with E-state index in [1.807, 2.05) is 30.1 Å². The van der Waals surface area contributed by atoms with Crippen molar-refractivity contribution >= 4 is 0 Å². The second-order valence-electron chi connectivity index (χ2n) is 3.13. The first-order valence-corrected chi connectivity index (χ1v) is 4.42. The predicted octanol–water partition coefficient (Wildman–Crippen LogP) is 1.68. The summed E-state index contributed by atoms with van der Waals surface area (Å²) < 4.78 is 0. The minimum atomic E-state index is 0.507. The molecule has 0 amide bonds. The first-order valence-electron chi connectivity index (χ1n) is 4.42. The Hall–Kier alpha value is -1.33. The van der Waals surface area contributed by atoms with Gasteiger partial charge in [-0.2, -0.15) is 5.26 Å². The molecule has 13 heavy (non-hydrogen) atoms. The van der Waals surface area contributed by atoms with Gasteiger partial charge in [0.1, 0.15) is 0 Å². The summed E-state index contributed by atoms with van der Waals surface area (Å²) in [6.07, 6.45) is 1.01. The van der Waals surface area contributed by atoms with E-state index in [1.54, 1.807) is 0 Å². The molecule has 0 unspecified atom stereocenters. The van der Waals surface area contributed by atoms with Gasteiger partial charge >= 0.3 is 0 Å². The molecular weight excluding hydrogens is 160 g/mol. The molecule has 0 spiro atoms. The summed E-state index contributed by atoms with van der Waals surface area (Å²) in [5.41, 5.74) is 1.33. The van der Waals surface area contributed by atoms with Crippen LogP contribution in [0, 0.1) is 11.3 Å². The molecule has 0 aliphatic carbocycles. The van der Waals surface area contributed by atoms with Crippen molar-refractivity contribution in [1.29, 1.82) is 5.26 Å². The fraction of sp³-hybridized carbons (Fsp3) is 0.364. The van der Waals surface area contributed by atoms with Gasteiger partial charge in [0, 0.05) is 6.54 Å². The quantitative estimate of drug-likeness (QED) is 0.649. The third-order valence-corrected chi connectivity index (χ3v) is 1.97. The predicted molar refractivity (Wildman–Crippen MR) is 53.3 cm³/mol. The van der Waals surface area contributed by atoms with Crippen LogP contribution in [0.1, 0.15) is 5.56 Å². The molecule has 0 fully saturated rings. The van der Waals surface area contributed by atoms with Crippen molar-refractivity contribution in [2.24, 2.45) is 0 Å². The van der Waals surface area contributed by atoms with Crippen LogP contribution in [0.15, 0.2) is 30.3 Å². The number of nitrogens with zero attached hydrogens (tertiary/aromatic N) is 2. The van der Waals surface area contributed by atoms with E-state index in [-0.39, 0.29) is 0 Å². The van der Waals surface area contributed by atoms with Crippen LogP contribution in [0.3, 0.4) is 0 Å². The first kappa shape index (κ1) is 9.76. The van der Waals surface area contributed by atoms with Gasteiger partial charge < -0.3 is 0 Å². The van der Waals surface area contributed by atoms with Gasteiger partial charge in [-0.3, -0.25) is 4.90 Å². The molecule has 0 aliphatic rings. The van der Waals surface area contributed by atoms with E-state index in [1.165, 1.54) is 5.56 Å². The number of benzene rings is 1. The molecule has 1 aromatic carbocycles. The van der Waals surface area contributed by atoms with Crippen LogP contribution in [0.2, 0.25) is 0 Å². The summed E-state index contributed by atoms with van der Waals surface area (Å²) in [5, 5.41) is 8.44. The topological polar surface area (TPSA) is 27.0 Å². The largest absolute Gasteiger partial charge is 0.293 e. The standard InChI is InChI=1S/C11H14N2/c1-13(10-8-12)9-7-11-5-3-2-4-6-11/h2-6H,7,9-10H2,1H3. The summed E-state index contributed by atoms with van der Waals surface area (Å²) >= 11 is 0. The second-order valence-corrected chi connectivity index (χ2v) is 3.13. The molecule has 2 heteroatoms. The molecule has 0 heterocycles. The van der Waals surface area contributed by atoms with Crippen LogP contribution in [0.5, 0.6) is 0 Å². The van der Waals surface area contributed by atoms with Gasteiger partial charge in [0.05, 0.1) is 12.6 Å². The Labute approximate surface area is 79.4 Å². The fourth-order valence-corrected chi connectivity index (χ4v) is 1.16. The van der Waals surface area contributed by atoms with Crippen molar-refractivity contribution in [3.05, 3.63) is 35.9 Å². The number of likely N-dealkylation sites (N-methyl/N-ethyl adjacent to an activating group) is 1. The van der Waals surface area contributed by atoms with Crippen molar-refractivity contribution in [3.63, 3.8) is 0 Å². The highest BCUT2D eigenvalue weighted by atomic mass is 15.1. The maximum atomic E-state index is 8.44. The average molecular weight is 174 g/mol. The fourth-order valence-electron chi connectivity index (χ4n) is 1.16. The van der Waals surface area contributed by atoms with Gasteiger partial charge in [-0.1, -0.05) is 30.3 Å².